The molecular formula is C19H29N. The molecule has 0 heterocycles. The molecule has 2 aliphatic rings. The number of hydrogen-bond acceptors (Lipinski definition) is 1. The zero-order valence-corrected chi connectivity index (χ0v) is 13.1. The molecule has 0 aliphatic heterocycles. The molecule has 1 nitrogen and oxygen atoms in total. The van der Waals surface area contributed by atoms with E-state index in [9.17, 15) is 0 Å². The van der Waals surface area contributed by atoms with E-state index in [0.29, 0.717) is 0 Å². The van der Waals surface area contributed by atoms with Crippen LogP contribution in [0.1, 0.15) is 75.3 Å². The molecule has 3 unspecified atom stereocenters. The lowest BCUT2D eigenvalue weighted by Gasteiger charge is -2.27. The van der Waals surface area contributed by atoms with E-state index in [1.165, 1.54) is 45.1 Å². The predicted molar refractivity (Wildman–Crippen MR) is 86.3 cm³/mol. The van der Waals surface area contributed by atoms with Crippen molar-refractivity contribution in [3.63, 3.8) is 0 Å². The van der Waals surface area contributed by atoms with Crippen LogP contribution in [0.2, 0.25) is 0 Å². The van der Waals surface area contributed by atoms with Gasteiger partial charge in [-0.3, -0.25) is 0 Å². The second kappa shape index (κ2) is 6.30. The molecule has 3 atom stereocenters. The highest BCUT2D eigenvalue weighted by Crippen LogP contribution is 2.41. The molecule has 1 heteroatoms. The van der Waals surface area contributed by atoms with Gasteiger partial charge in [-0.1, -0.05) is 44.5 Å². The average Bonchev–Trinajstić information content (AvgIpc) is 2.77. The van der Waals surface area contributed by atoms with E-state index in [2.05, 4.69) is 43.4 Å². The van der Waals surface area contributed by atoms with Gasteiger partial charge in [-0.15, -0.1) is 0 Å². The first kappa shape index (κ1) is 14.1. The van der Waals surface area contributed by atoms with Gasteiger partial charge < -0.3 is 5.32 Å². The molecule has 20 heavy (non-hydrogen) atoms. The van der Waals surface area contributed by atoms with Crippen LogP contribution >= 0.6 is 0 Å². The molecule has 0 amide bonds. The molecule has 1 N–H and O–H groups in total. The summed E-state index contributed by atoms with van der Waals surface area (Å²) < 4.78 is 0. The Morgan fingerprint density at radius 1 is 1.00 bits per heavy atom. The molecule has 1 aromatic carbocycles. The van der Waals surface area contributed by atoms with Crippen molar-refractivity contribution in [2.75, 3.05) is 6.54 Å². The zero-order chi connectivity index (χ0) is 13.9. The second-order valence-corrected chi connectivity index (χ2v) is 6.90. The average molecular weight is 271 g/mol. The highest BCUT2D eigenvalue weighted by Gasteiger charge is 2.33. The molecule has 2 aliphatic carbocycles. The molecule has 1 aromatic rings. The third-order valence-electron chi connectivity index (χ3n) is 5.66. The third-order valence-corrected chi connectivity index (χ3v) is 5.66. The smallest absolute Gasteiger partial charge is 0.00987 e. The van der Waals surface area contributed by atoms with Gasteiger partial charge in [-0.05, 0) is 67.5 Å². The van der Waals surface area contributed by atoms with E-state index in [1.807, 2.05) is 0 Å². The Morgan fingerprint density at radius 3 is 2.30 bits per heavy atom. The lowest BCUT2D eigenvalue weighted by Crippen LogP contribution is -2.32. The summed E-state index contributed by atoms with van der Waals surface area (Å²) in [6.45, 7) is 5.86. The van der Waals surface area contributed by atoms with Gasteiger partial charge in [0.05, 0.1) is 0 Å². The minimum atomic E-state index is 0.728. The molecule has 0 bridgehead atoms. The van der Waals surface area contributed by atoms with Crippen LogP contribution in [-0.2, 0) is 0 Å². The van der Waals surface area contributed by atoms with Crippen molar-refractivity contribution in [2.24, 2.45) is 5.92 Å². The van der Waals surface area contributed by atoms with Crippen LogP contribution in [-0.4, -0.2) is 12.6 Å². The quantitative estimate of drug-likeness (QED) is 0.808. The summed E-state index contributed by atoms with van der Waals surface area (Å²) in [6, 6.07) is 10.4. The minimum Gasteiger partial charge on any atom is -0.314 e. The lowest BCUT2D eigenvalue weighted by atomic mass is 9.79. The van der Waals surface area contributed by atoms with Gasteiger partial charge in [0.15, 0.2) is 0 Å². The van der Waals surface area contributed by atoms with Crippen LogP contribution in [0.3, 0.4) is 0 Å². The van der Waals surface area contributed by atoms with Crippen molar-refractivity contribution in [3.8, 4) is 0 Å². The van der Waals surface area contributed by atoms with Crippen LogP contribution in [0.4, 0.5) is 0 Å². The largest absolute Gasteiger partial charge is 0.314 e. The Balaban J connectivity index is 1.63. The number of benzene rings is 1. The highest BCUT2D eigenvalue weighted by atomic mass is 14.9. The van der Waals surface area contributed by atoms with Crippen molar-refractivity contribution < 1.29 is 0 Å². The van der Waals surface area contributed by atoms with E-state index in [4.69, 9.17) is 0 Å². The maximum atomic E-state index is 3.73. The number of rotatable bonds is 5. The first-order chi connectivity index (χ1) is 9.79. The maximum absolute atomic E-state index is 3.73. The molecule has 110 valence electrons. The standard InChI is InChI=1S/C19H29N/c1-3-13-20-19-12-11-18(14(19)2)17-9-7-16(8-10-17)15-5-4-6-15/h7-10,14-15,18-20H,3-6,11-13H2,1-2H3. The molecule has 0 saturated heterocycles. The van der Waals surface area contributed by atoms with Crippen molar-refractivity contribution in [2.45, 2.75) is 70.3 Å². The van der Waals surface area contributed by atoms with Gasteiger partial charge in [-0.2, -0.15) is 0 Å². The number of hydrogen-bond donors (Lipinski definition) is 1. The molecule has 2 saturated carbocycles. The summed E-state index contributed by atoms with van der Waals surface area (Å²) in [6.07, 6.45) is 8.17. The van der Waals surface area contributed by atoms with E-state index < -0.39 is 0 Å². The molecule has 0 spiro atoms. The van der Waals surface area contributed by atoms with Gasteiger partial charge in [0.25, 0.3) is 0 Å². The summed E-state index contributed by atoms with van der Waals surface area (Å²) in [7, 11) is 0. The third kappa shape index (κ3) is 2.79. The Bertz CT molecular complexity index is 418. The Morgan fingerprint density at radius 2 is 1.70 bits per heavy atom. The predicted octanol–water partition coefficient (Wildman–Crippen LogP) is 4.84. The van der Waals surface area contributed by atoms with Crippen molar-refractivity contribution in [1.29, 1.82) is 0 Å². The van der Waals surface area contributed by atoms with E-state index >= 15 is 0 Å². The molecular weight excluding hydrogens is 242 g/mol. The van der Waals surface area contributed by atoms with Crippen molar-refractivity contribution in [1.82, 2.24) is 5.32 Å². The van der Waals surface area contributed by atoms with E-state index in [-0.39, 0.29) is 0 Å². The zero-order valence-electron chi connectivity index (χ0n) is 13.1. The summed E-state index contributed by atoms with van der Waals surface area (Å²) in [4.78, 5) is 0. The Hall–Kier alpha value is -0.820. The van der Waals surface area contributed by atoms with Crippen LogP contribution in [0.15, 0.2) is 24.3 Å². The fraction of sp³-hybridized carbons (Fsp3) is 0.684. The maximum Gasteiger partial charge on any atom is 0.00987 e. The van der Waals surface area contributed by atoms with Crippen LogP contribution < -0.4 is 5.32 Å². The summed E-state index contributed by atoms with van der Waals surface area (Å²) in [5.41, 5.74) is 3.15. The van der Waals surface area contributed by atoms with Gasteiger partial charge in [0, 0.05) is 6.04 Å². The van der Waals surface area contributed by atoms with Gasteiger partial charge in [0.1, 0.15) is 0 Å². The SMILES string of the molecule is CCCNC1CCC(c2ccc(C3CCC3)cc2)C1C. The van der Waals surface area contributed by atoms with Crippen LogP contribution in [0.25, 0.3) is 0 Å². The monoisotopic (exact) mass is 271 g/mol. The summed E-state index contributed by atoms with van der Waals surface area (Å²) >= 11 is 0. The molecule has 3 rings (SSSR count). The fourth-order valence-corrected chi connectivity index (χ4v) is 4.01. The molecule has 2 fully saturated rings. The number of nitrogens with one attached hydrogen (secondary N) is 1. The van der Waals surface area contributed by atoms with Crippen molar-refractivity contribution in [3.05, 3.63) is 35.4 Å². The van der Waals surface area contributed by atoms with Gasteiger partial charge in [-0.25, -0.2) is 0 Å². The van der Waals surface area contributed by atoms with Crippen LogP contribution in [0.5, 0.6) is 0 Å². The highest BCUT2D eigenvalue weighted by molar-refractivity contribution is 5.30. The second-order valence-electron chi connectivity index (χ2n) is 6.90. The van der Waals surface area contributed by atoms with Crippen LogP contribution in [0, 0.1) is 5.92 Å². The summed E-state index contributed by atoms with van der Waals surface area (Å²) in [5, 5.41) is 3.73. The topological polar surface area (TPSA) is 12.0 Å². The molecule has 0 radical (unpaired) electrons. The first-order valence-electron chi connectivity index (χ1n) is 8.63. The summed E-state index contributed by atoms with van der Waals surface area (Å²) in [5.74, 6) is 2.40. The minimum absolute atomic E-state index is 0.728. The fourth-order valence-electron chi connectivity index (χ4n) is 4.01. The van der Waals surface area contributed by atoms with Crippen molar-refractivity contribution >= 4 is 0 Å². The Kier molecular flexibility index (Phi) is 4.45. The normalized spacial score (nSPS) is 30.4. The Labute approximate surface area is 124 Å². The van der Waals surface area contributed by atoms with E-state index in [0.717, 1.165) is 23.8 Å². The van der Waals surface area contributed by atoms with E-state index in [1.54, 1.807) is 11.1 Å². The lowest BCUT2D eigenvalue weighted by molar-refractivity contribution is 0.404. The molecule has 0 aromatic heterocycles. The van der Waals surface area contributed by atoms with Gasteiger partial charge >= 0.3 is 0 Å². The van der Waals surface area contributed by atoms with Gasteiger partial charge in [0.2, 0.25) is 0 Å². The first-order valence-corrected chi connectivity index (χ1v) is 8.63.